The Hall–Kier alpha value is -2.09. The number of hydrogen-bond acceptors (Lipinski definition) is 5. The van der Waals surface area contributed by atoms with Gasteiger partial charge in [-0.2, -0.15) is 0 Å². The summed E-state index contributed by atoms with van der Waals surface area (Å²) in [6.45, 7) is 1.97. The molecule has 0 aliphatic rings. The first-order valence-electron chi connectivity index (χ1n) is 6.99. The highest BCUT2D eigenvalue weighted by Gasteiger charge is 2.15. The highest BCUT2D eigenvalue weighted by Crippen LogP contribution is 2.25. The Kier molecular flexibility index (Phi) is 4.75. The number of anilines is 3. The molecule has 2 aromatic heterocycles. The average Bonchev–Trinajstić information content (AvgIpc) is 3.08. The maximum Gasteiger partial charge on any atom is 0.272 e. The highest BCUT2D eigenvalue weighted by atomic mass is 35.5. The van der Waals surface area contributed by atoms with Gasteiger partial charge in [0.2, 0.25) is 0 Å². The number of halogens is 1. The molecule has 5 nitrogen and oxygen atoms in total. The van der Waals surface area contributed by atoms with Crippen LogP contribution in [-0.2, 0) is 10.0 Å². The van der Waals surface area contributed by atoms with Crippen LogP contribution in [-0.4, -0.2) is 13.4 Å². The summed E-state index contributed by atoms with van der Waals surface area (Å²) in [4.78, 5) is 4.14. The number of pyridine rings is 1. The second kappa shape index (κ2) is 6.80. The first kappa shape index (κ1) is 16.8. The van der Waals surface area contributed by atoms with Crippen molar-refractivity contribution in [2.45, 2.75) is 11.1 Å². The predicted octanol–water partition coefficient (Wildman–Crippen LogP) is 4.65. The van der Waals surface area contributed by atoms with E-state index >= 15 is 0 Å². The Morgan fingerprint density at radius 1 is 1.17 bits per heavy atom. The zero-order valence-electron chi connectivity index (χ0n) is 12.7. The van der Waals surface area contributed by atoms with E-state index in [0.29, 0.717) is 5.02 Å². The molecule has 2 N–H and O–H groups in total. The number of nitrogens with one attached hydrogen (secondary N) is 2. The SMILES string of the molecule is Cc1ccc(Cl)cc1Nc1ccc(NS(=O)(=O)c2cccs2)nc1. The zero-order chi connectivity index (χ0) is 17.2. The lowest BCUT2D eigenvalue weighted by Crippen LogP contribution is -2.12. The van der Waals surface area contributed by atoms with Crippen LogP contribution in [0.1, 0.15) is 5.56 Å². The summed E-state index contributed by atoms with van der Waals surface area (Å²) in [5.41, 5.74) is 2.65. The smallest absolute Gasteiger partial charge is 0.272 e. The van der Waals surface area contributed by atoms with E-state index in [1.807, 2.05) is 25.1 Å². The van der Waals surface area contributed by atoms with Gasteiger partial charge in [0.25, 0.3) is 10.0 Å². The lowest BCUT2D eigenvalue weighted by molar-refractivity contribution is 0.603. The van der Waals surface area contributed by atoms with E-state index in [1.54, 1.807) is 35.8 Å². The molecular weight excluding hydrogens is 366 g/mol. The van der Waals surface area contributed by atoms with Crippen molar-refractivity contribution in [3.63, 3.8) is 0 Å². The molecule has 1 aromatic carbocycles. The van der Waals surface area contributed by atoms with Gasteiger partial charge in [0.15, 0.2) is 0 Å². The zero-order valence-corrected chi connectivity index (χ0v) is 15.0. The van der Waals surface area contributed by atoms with E-state index in [4.69, 9.17) is 11.6 Å². The summed E-state index contributed by atoms with van der Waals surface area (Å²) >= 11 is 7.15. The average molecular weight is 380 g/mol. The molecule has 0 aliphatic carbocycles. The molecule has 0 atom stereocenters. The monoisotopic (exact) mass is 379 g/mol. The fraction of sp³-hybridized carbons (Fsp3) is 0.0625. The van der Waals surface area contributed by atoms with Gasteiger partial charge in [-0.25, -0.2) is 13.4 Å². The Morgan fingerprint density at radius 2 is 2.00 bits per heavy atom. The van der Waals surface area contributed by atoms with Crippen molar-refractivity contribution in [3.05, 3.63) is 64.6 Å². The van der Waals surface area contributed by atoms with Crippen LogP contribution in [0.5, 0.6) is 0 Å². The summed E-state index contributed by atoms with van der Waals surface area (Å²) in [5.74, 6) is 0.261. The summed E-state index contributed by atoms with van der Waals surface area (Å²) in [7, 11) is -3.59. The number of hydrogen-bond donors (Lipinski definition) is 2. The first-order chi connectivity index (χ1) is 11.4. The topological polar surface area (TPSA) is 71.1 Å². The van der Waals surface area contributed by atoms with Crippen LogP contribution in [0.15, 0.2) is 58.3 Å². The van der Waals surface area contributed by atoms with Gasteiger partial charge in [0.1, 0.15) is 10.0 Å². The van der Waals surface area contributed by atoms with Gasteiger partial charge in [-0.05, 0) is 48.2 Å². The largest absolute Gasteiger partial charge is 0.354 e. The first-order valence-corrected chi connectivity index (χ1v) is 9.74. The second-order valence-corrected chi connectivity index (χ2v) is 8.35. The van der Waals surface area contributed by atoms with Crippen molar-refractivity contribution < 1.29 is 8.42 Å². The third-order valence-corrected chi connectivity index (χ3v) is 6.23. The van der Waals surface area contributed by atoms with Gasteiger partial charge in [-0.3, -0.25) is 4.72 Å². The number of sulfonamides is 1. The molecule has 0 saturated heterocycles. The van der Waals surface area contributed by atoms with E-state index in [0.717, 1.165) is 28.3 Å². The predicted molar refractivity (Wildman–Crippen MR) is 98.8 cm³/mol. The molecule has 0 saturated carbocycles. The number of rotatable bonds is 5. The van der Waals surface area contributed by atoms with E-state index < -0.39 is 10.0 Å². The molecule has 124 valence electrons. The van der Waals surface area contributed by atoms with Gasteiger partial charge >= 0.3 is 0 Å². The summed E-state index contributed by atoms with van der Waals surface area (Å²) in [6.07, 6.45) is 1.56. The number of benzene rings is 1. The third kappa shape index (κ3) is 3.87. The molecule has 0 radical (unpaired) electrons. The quantitative estimate of drug-likeness (QED) is 0.676. The molecule has 0 spiro atoms. The number of thiophene rings is 1. The highest BCUT2D eigenvalue weighted by molar-refractivity contribution is 7.94. The minimum atomic E-state index is -3.59. The molecule has 2 heterocycles. The Balaban J connectivity index is 1.75. The molecule has 3 rings (SSSR count). The molecule has 0 bridgehead atoms. The number of nitrogens with zero attached hydrogens (tertiary/aromatic N) is 1. The van der Waals surface area contributed by atoms with Crippen LogP contribution in [0, 0.1) is 6.92 Å². The molecule has 0 unspecified atom stereocenters. The summed E-state index contributed by atoms with van der Waals surface area (Å²) in [5, 5.41) is 5.55. The minimum Gasteiger partial charge on any atom is -0.354 e. The van der Waals surface area contributed by atoms with Crippen LogP contribution < -0.4 is 10.0 Å². The van der Waals surface area contributed by atoms with Gasteiger partial charge in [0.05, 0.1) is 11.9 Å². The molecular formula is C16H14ClN3O2S2. The van der Waals surface area contributed by atoms with Crippen LogP contribution >= 0.6 is 22.9 Å². The van der Waals surface area contributed by atoms with Crippen LogP contribution in [0.4, 0.5) is 17.2 Å². The van der Waals surface area contributed by atoms with Gasteiger partial charge in [-0.15, -0.1) is 11.3 Å². The Bertz CT molecular complexity index is 940. The molecule has 0 fully saturated rings. The normalized spacial score (nSPS) is 11.2. The van der Waals surface area contributed by atoms with E-state index in [9.17, 15) is 8.42 Å². The Morgan fingerprint density at radius 3 is 2.67 bits per heavy atom. The van der Waals surface area contributed by atoms with Crippen LogP contribution in [0.3, 0.4) is 0 Å². The number of aromatic nitrogens is 1. The summed E-state index contributed by atoms with van der Waals surface area (Å²) in [6, 6.07) is 12.2. The molecule has 0 amide bonds. The summed E-state index contributed by atoms with van der Waals surface area (Å²) < 4.78 is 27.0. The van der Waals surface area contributed by atoms with Gasteiger partial charge in [0, 0.05) is 10.7 Å². The Labute approximate surface area is 149 Å². The van der Waals surface area contributed by atoms with Crippen LogP contribution in [0.2, 0.25) is 5.02 Å². The molecule has 3 aromatic rings. The van der Waals surface area contributed by atoms with Crippen molar-refractivity contribution in [2.24, 2.45) is 0 Å². The van der Waals surface area contributed by atoms with Gasteiger partial charge < -0.3 is 5.32 Å². The molecule has 0 aliphatic heterocycles. The molecule has 24 heavy (non-hydrogen) atoms. The van der Waals surface area contributed by atoms with Crippen molar-refractivity contribution in [3.8, 4) is 0 Å². The van der Waals surface area contributed by atoms with E-state index in [-0.39, 0.29) is 10.0 Å². The third-order valence-electron chi connectivity index (χ3n) is 3.24. The standard InChI is InChI=1S/C16H14ClN3O2S2/c1-11-4-5-12(17)9-14(11)19-13-6-7-15(18-10-13)20-24(21,22)16-3-2-8-23-16/h2-10,19H,1H3,(H,18,20). The second-order valence-electron chi connectivity index (χ2n) is 5.05. The van der Waals surface area contributed by atoms with Crippen LogP contribution in [0.25, 0.3) is 0 Å². The maximum absolute atomic E-state index is 12.1. The lowest BCUT2D eigenvalue weighted by atomic mass is 10.2. The fourth-order valence-electron chi connectivity index (χ4n) is 2.02. The van der Waals surface area contributed by atoms with Crippen molar-refractivity contribution in [2.75, 3.05) is 10.0 Å². The minimum absolute atomic E-state index is 0.251. The van der Waals surface area contributed by atoms with Crippen molar-refractivity contribution >= 4 is 50.2 Å². The lowest BCUT2D eigenvalue weighted by Gasteiger charge is -2.11. The van der Waals surface area contributed by atoms with Crippen molar-refractivity contribution in [1.82, 2.24) is 4.98 Å². The van der Waals surface area contributed by atoms with Crippen molar-refractivity contribution in [1.29, 1.82) is 0 Å². The van der Waals surface area contributed by atoms with Gasteiger partial charge in [-0.1, -0.05) is 23.7 Å². The molecule has 8 heteroatoms. The fourth-order valence-corrected chi connectivity index (χ4v) is 4.19. The maximum atomic E-state index is 12.1. The van der Waals surface area contributed by atoms with E-state index in [1.165, 1.54) is 0 Å². The van der Waals surface area contributed by atoms with E-state index in [2.05, 4.69) is 15.0 Å². The number of aryl methyl sites for hydroxylation is 1.